The molecule has 0 saturated heterocycles. The maximum absolute atomic E-state index is 12.2. The molecule has 2 aromatic carbocycles. The highest BCUT2D eigenvalue weighted by molar-refractivity contribution is 5.96. The van der Waals surface area contributed by atoms with E-state index in [4.69, 9.17) is 5.26 Å². The molecule has 0 radical (unpaired) electrons. The van der Waals surface area contributed by atoms with Crippen LogP contribution in [0, 0.1) is 18.3 Å². The van der Waals surface area contributed by atoms with E-state index in [9.17, 15) is 4.79 Å². The van der Waals surface area contributed by atoms with Gasteiger partial charge in [0.1, 0.15) is 0 Å². The topological polar surface area (TPSA) is 64.9 Å². The van der Waals surface area contributed by atoms with Crippen molar-refractivity contribution in [2.45, 2.75) is 13.5 Å². The molecule has 4 nitrogen and oxygen atoms in total. The van der Waals surface area contributed by atoms with Gasteiger partial charge in [0.05, 0.1) is 11.6 Å². The van der Waals surface area contributed by atoms with E-state index in [1.165, 1.54) is 0 Å². The maximum atomic E-state index is 12.2. The average molecular weight is 279 g/mol. The third kappa shape index (κ3) is 3.61. The second-order valence-corrected chi connectivity index (χ2v) is 4.77. The third-order valence-corrected chi connectivity index (χ3v) is 3.30. The van der Waals surface area contributed by atoms with Crippen LogP contribution in [0.2, 0.25) is 0 Å². The van der Waals surface area contributed by atoms with Crippen LogP contribution in [0.5, 0.6) is 0 Å². The van der Waals surface area contributed by atoms with Crippen LogP contribution in [-0.2, 0) is 6.54 Å². The first-order chi connectivity index (χ1) is 10.1. The van der Waals surface area contributed by atoms with Crippen molar-refractivity contribution in [1.82, 2.24) is 5.32 Å². The number of nitriles is 1. The predicted molar refractivity (Wildman–Crippen MR) is 83.1 cm³/mol. The highest BCUT2D eigenvalue weighted by Gasteiger charge is 2.09. The van der Waals surface area contributed by atoms with Crippen molar-refractivity contribution in [3.05, 3.63) is 64.7 Å². The van der Waals surface area contributed by atoms with Crippen molar-refractivity contribution >= 4 is 11.6 Å². The van der Waals surface area contributed by atoms with Gasteiger partial charge in [-0.05, 0) is 48.4 Å². The van der Waals surface area contributed by atoms with E-state index in [-0.39, 0.29) is 5.91 Å². The zero-order valence-electron chi connectivity index (χ0n) is 12.1. The molecule has 1 amide bonds. The first-order valence-corrected chi connectivity index (χ1v) is 6.69. The fourth-order valence-corrected chi connectivity index (χ4v) is 2.05. The average Bonchev–Trinajstić information content (AvgIpc) is 2.52. The van der Waals surface area contributed by atoms with E-state index in [2.05, 4.69) is 16.7 Å². The van der Waals surface area contributed by atoms with E-state index in [0.717, 1.165) is 16.8 Å². The highest BCUT2D eigenvalue weighted by atomic mass is 16.1. The largest absolute Gasteiger partial charge is 0.388 e. The summed E-state index contributed by atoms with van der Waals surface area (Å²) in [5, 5.41) is 14.7. The number of hydrogen-bond acceptors (Lipinski definition) is 3. The minimum atomic E-state index is -0.0977. The summed E-state index contributed by atoms with van der Waals surface area (Å²) in [6.07, 6.45) is 0. The number of carbonyl (C=O) groups excluding carboxylic acids is 1. The molecule has 0 saturated carbocycles. The van der Waals surface area contributed by atoms with Crippen molar-refractivity contribution in [2.24, 2.45) is 0 Å². The highest BCUT2D eigenvalue weighted by Crippen LogP contribution is 2.14. The Morgan fingerprint density at radius 1 is 1.19 bits per heavy atom. The number of rotatable bonds is 4. The zero-order valence-corrected chi connectivity index (χ0v) is 12.1. The molecule has 21 heavy (non-hydrogen) atoms. The van der Waals surface area contributed by atoms with Gasteiger partial charge in [0.25, 0.3) is 5.91 Å². The van der Waals surface area contributed by atoms with Crippen LogP contribution in [0.15, 0.2) is 42.5 Å². The fraction of sp³-hybridized carbons (Fsp3) is 0.176. The number of anilines is 1. The molecule has 0 bridgehead atoms. The predicted octanol–water partition coefficient (Wildman–Crippen LogP) is 2.84. The second-order valence-electron chi connectivity index (χ2n) is 4.77. The third-order valence-electron chi connectivity index (χ3n) is 3.30. The molecule has 2 N–H and O–H groups in total. The summed E-state index contributed by atoms with van der Waals surface area (Å²) in [7, 11) is 1.85. The molecule has 0 aliphatic rings. The fourth-order valence-electron chi connectivity index (χ4n) is 2.05. The lowest BCUT2D eigenvalue weighted by Gasteiger charge is -2.09. The summed E-state index contributed by atoms with van der Waals surface area (Å²) in [6.45, 7) is 2.36. The lowest BCUT2D eigenvalue weighted by molar-refractivity contribution is 0.0950. The van der Waals surface area contributed by atoms with E-state index >= 15 is 0 Å². The normalized spacial score (nSPS) is 9.76. The summed E-state index contributed by atoms with van der Waals surface area (Å²) < 4.78 is 0. The molecule has 2 rings (SSSR count). The summed E-state index contributed by atoms with van der Waals surface area (Å²) in [6, 6.07) is 14.9. The minimum Gasteiger partial charge on any atom is -0.388 e. The summed E-state index contributed by atoms with van der Waals surface area (Å²) in [5.41, 5.74) is 4.16. The molecular weight excluding hydrogens is 262 g/mol. The van der Waals surface area contributed by atoms with Gasteiger partial charge in [-0.2, -0.15) is 5.26 Å². The van der Waals surface area contributed by atoms with Crippen LogP contribution < -0.4 is 10.6 Å². The molecule has 0 spiro atoms. The number of benzene rings is 2. The Kier molecular flexibility index (Phi) is 4.57. The lowest BCUT2D eigenvalue weighted by Crippen LogP contribution is -2.23. The van der Waals surface area contributed by atoms with Crippen LogP contribution in [0.3, 0.4) is 0 Å². The number of carbonyl (C=O) groups is 1. The first kappa shape index (κ1) is 14.6. The summed E-state index contributed by atoms with van der Waals surface area (Å²) in [4.78, 5) is 12.2. The van der Waals surface area contributed by atoms with Crippen LogP contribution in [-0.4, -0.2) is 13.0 Å². The number of aryl methyl sites for hydroxylation is 1. The molecule has 2 aromatic rings. The molecule has 0 aliphatic carbocycles. The number of amides is 1. The van der Waals surface area contributed by atoms with Gasteiger partial charge < -0.3 is 10.6 Å². The second kappa shape index (κ2) is 6.58. The smallest absolute Gasteiger partial charge is 0.251 e. The van der Waals surface area contributed by atoms with Gasteiger partial charge in [-0.3, -0.25) is 4.79 Å². The Morgan fingerprint density at radius 3 is 2.48 bits per heavy atom. The molecule has 0 atom stereocenters. The number of nitrogens with zero attached hydrogens (tertiary/aromatic N) is 1. The SMILES string of the molecule is CNc1ccc(C(=O)NCc2ccc(C#N)cc2)c(C)c1. The minimum absolute atomic E-state index is 0.0977. The Bertz CT molecular complexity index is 684. The zero-order chi connectivity index (χ0) is 15.2. The van der Waals surface area contributed by atoms with E-state index in [1.54, 1.807) is 12.1 Å². The Labute approximate surface area is 124 Å². The van der Waals surface area contributed by atoms with Crippen molar-refractivity contribution in [3.63, 3.8) is 0 Å². The van der Waals surface area contributed by atoms with Crippen LogP contribution in [0.4, 0.5) is 5.69 Å². The van der Waals surface area contributed by atoms with Gasteiger partial charge in [0.2, 0.25) is 0 Å². The molecule has 0 aliphatic heterocycles. The van der Waals surface area contributed by atoms with Crippen molar-refractivity contribution in [3.8, 4) is 6.07 Å². The van der Waals surface area contributed by atoms with Crippen molar-refractivity contribution < 1.29 is 4.79 Å². The Balaban J connectivity index is 2.02. The van der Waals surface area contributed by atoms with Gasteiger partial charge in [-0.25, -0.2) is 0 Å². The molecular formula is C17H17N3O. The number of hydrogen-bond donors (Lipinski definition) is 2. The first-order valence-electron chi connectivity index (χ1n) is 6.69. The number of nitrogens with one attached hydrogen (secondary N) is 2. The molecule has 106 valence electrons. The Morgan fingerprint density at radius 2 is 1.90 bits per heavy atom. The van der Waals surface area contributed by atoms with Gasteiger partial charge in [-0.1, -0.05) is 12.1 Å². The summed E-state index contributed by atoms with van der Waals surface area (Å²) >= 11 is 0. The molecule has 0 heterocycles. The van der Waals surface area contributed by atoms with E-state index in [1.807, 2.05) is 44.3 Å². The van der Waals surface area contributed by atoms with Gasteiger partial charge in [0.15, 0.2) is 0 Å². The van der Waals surface area contributed by atoms with Crippen LogP contribution in [0.25, 0.3) is 0 Å². The maximum Gasteiger partial charge on any atom is 0.251 e. The molecule has 0 fully saturated rings. The van der Waals surface area contributed by atoms with Gasteiger partial charge >= 0.3 is 0 Å². The van der Waals surface area contributed by atoms with Crippen LogP contribution >= 0.6 is 0 Å². The van der Waals surface area contributed by atoms with Crippen molar-refractivity contribution in [2.75, 3.05) is 12.4 Å². The Hall–Kier alpha value is -2.80. The van der Waals surface area contributed by atoms with Crippen molar-refractivity contribution in [1.29, 1.82) is 5.26 Å². The van der Waals surface area contributed by atoms with E-state index < -0.39 is 0 Å². The lowest BCUT2D eigenvalue weighted by atomic mass is 10.1. The van der Waals surface area contributed by atoms with Gasteiger partial charge in [-0.15, -0.1) is 0 Å². The van der Waals surface area contributed by atoms with Gasteiger partial charge in [0, 0.05) is 24.8 Å². The van der Waals surface area contributed by atoms with E-state index in [0.29, 0.717) is 17.7 Å². The summed E-state index contributed by atoms with van der Waals surface area (Å²) in [5.74, 6) is -0.0977. The monoisotopic (exact) mass is 279 g/mol. The molecule has 0 unspecified atom stereocenters. The molecule has 0 aromatic heterocycles. The quantitative estimate of drug-likeness (QED) is 0.904. The standard InChI is InChI=1S/C17H17N3O/c1-12-9-15(19-2)7-8-16(12)17(21)20-11-14-5-3-13(10-18)4-6-14/h3-9,19H,11H2,1-2H3,(H,20,21). The van der Waals surface area contributed by atoms with Crippen LogP contribution in [0.1, 0.15) is 27.0 Å². The molecule has 4 heteroatoms.